The number of aliphatic hydroxyl groups excluding tert-OH is 1. The highest BCUT2D eigenvalue weighted by Gasteiger charge is 2.22. The van der Waals surface area contributed by atoms with Gasteiger partial charge in [0.25, 0.3) is 5.56 Å². The van der Waals surface area contributed by atoms with E-state index in [9.17, 15) is 4.79 Å². The lowest BCUT2D eigenvalue weighted by Gasteiger charge is -2.31. The van der Waals surface area contributed by atoms with Gasteiger partial charge in [-0.25, -0.2) is 4.68 Å². The Labute approximate surface area is 120 Å². The fourth-order valence-corrected chi connectivity index (χ4v) is 2.68. The fraction of sp³-hybridized carbons (Fsp3) is 0.667. The molecule has 2 rings (SSSR count). The Bertz CT molecular complexity index is 491. The molecule has 19 heavy (non-hydrogen) atoms. The fourth-order valence-electron chi connectivity index (χ4n) is 2.26. The molecule has 2 atom stereocenters. The minimum Gasteiger partial charge on any atom is -0.394 e. The lowest BCUT2D eigenvalue weighted by molar-refractivity contribution is 0.266. The monoisotopic (exact) mass is 330 g/mol. The predicted octanol–water partition coefficient (Wildman–Crippen LogP) is 0.550. The number of nitrogens with zero attached hydrogens (tertiary/aromatic N) is 2. The second-order valence-electron chi connectivity index (χ2n) is 4.76. The highest BCUT2D eigenvalue weighted by atomic mass is 79.9. The molecule has 0 aliphatic carbocycles. The van der Waals surface area contributed by atoms with Crippen molar-refractivity contribution in [3.05, 3.63) is 21.0 Å². The van der Waals surface area contributed by atoms with E-state index in [1.165, 1.54) is 4.68 Å². The summed E-state index contributed by atoms with van der Waals surface area (Å²) in [6.07, 6.45) is 3.82. The van der Waals surface area contributed by atoms with Crippen molar-refractivity contribution in [2.45, 2.75) is 38.4 Å². The topological polar surface area (TPSA) is 79.2 Å². The van der Waals surface area contributed by atoms with Crippen LogP contribution in [0.15, 0.2) is 15.5 Å². The SMILES string of the molecule is CC1NCCCC1Nc1cnn(CCO)c(=O)c1Br. The van der Waals surface area contributed by atoms with Crippen LogP contribution in [0.1, 0.15) is 19.8 Å². The molecule has 0 aromatic carbocycles. The van der Waals surface area contributed by atoms with E-state index >= 15 is 0 Å². The second kappa shape index (κ2) is 6.49. The van der Waals surface area contributed by atoms with Crippen molar-refractivity contribution in [3.8, 4) is 0 Å². The Hall–Kier alpha value is -0.920. The molecule has 1 saturated heterocycles. The first kappa shape index (κ1) is 14.5. The summed E-state index contributed by atoms with van der Waals surface area (Å²) in [7, 11) is 0. The van der Waals surface area contributed by atoms with Crippen molar-refractivity contribution in [2.75, 3.05) is 18.5 Å². The van der Waals surface area contributed by atoms with Gasteiger partial charge in [0.1, 0.15) is 4.47 Å². The Morgan fingerprint density at radius 1 is 1.68 bits per heavy atom. The van der Waals surface area contributed by atoms with Crippen molar-refractivity contribution in [2.24, 2.45) is 0 Å². The Balaban J connectivity index is 2.16. The van der Waals surface area contributed by atoms with E-state index in [0.29, 0.717) is 22.2 Å². The average molecular weight is 331 g/mol. The maximum absolute atomic E-state index is 12.0. The van der Waals surface area contributed by atoms with E-state index in [-0.39, 0.29) is 18.7 Å². The van der Waals surface area contributed by atoms with E-state index in [0.717, 1.165) is 19.4 Å². The van der Waals surface area contributed by atoms with Crippen LogP contribution < -0.4 is 16.2 Å². The number of hydrogen-bond donors (Lipinski definition) is 3. The summed E-state index contributed by atoms with van der Waals surface area (Å²) >= 11 is 3.31. The first-order valence-corrected chi connectivity index (χ1v) is 7.29. The number of anilines is 1. The Kier molecular flexibility index (Phi) is 4.95. The molecule has 3 N–H and O–H groups in total. The standard InChI is InChI=1S/C12H19BrN4O2/c1-8-9(3-2-4-14-8)16-10-7-15-17(5-6-18)12(19)11(10)13/h7-9,14,16,18H,2-6H2,1H3. The number of piperidine rings is 1. The predicted molar refractivity (Wildman–Crippen MR) is 77.4 cm³/mol. The minimum absolute atomic E-state index is 0.101. The smallest absolute Gasteiger partial charge is 0.283 e. The Morgan fingerprint density at radius 2 is 2.47 bits per heavy atom. The van der Waals surface area contributed by atoms with Crippen LogP contribution in [0, 0.1) is 0 Å². The number of halogens is 1. The van der Waals surface area contributed by atoms with Gasteiger partial charge >= 0.3 is 0 Å². The maximum Gasteiger partial charge on any atom is 0.283 e. The van der Waals surface area contributed by atoms with Crippen molar-refractivity contribution in [3.63, 3.8) is 0 Å². The minimum atomic E-state index is -0.226. The molecule has 0 bridgehead atoms. The third-order valence-corrected chi connectivity index (χ3v) is 4.17. The van der Waals surface area contributed by atoms with Crippen LogP contribution in [0.2, 0.25) is 0 Å². The zero-order valence-corrected chi connectivity index (χ0v) is 12.5. The molecule has 0 amide bonds. The molecule has 1 aliphatic heterocycles. The van der Waals surface area contributed by atoms with Crippen LogP contribution in [0.3, 0.4) is 0 Å². The van der Waals surface area contributed by atoms with Gasteiger partial charge in [-0.3, -0.25) is 4.79 Å². The molecule has 7 heteroatoms. The van der Waals surface area contributed by atoms with Gasteiger partial charge in [0, 0.05) is 12.1 Å². The summed E-state index contributed by atoms with van der Waals surface area (Å²) in [5.74, 6) is 0. The van der Waals surface area contributed by atoms with E-state index < -0.39 is 0 Å². The number of aromatic nitrogens is 2. The average Bonchev–Trinajstić information content (AvgIpc) is 2.41. The molecule has 2 unspecified atom stereocenters. The molecule has 106 valence electrons. The zero-order valence-electron chi connectivity index (χ0n) is 10.9. The highest BCUT2D eigenvalue weighted by molar-refractivity contribution is 9.10. The van der Waals surface area contributed by atoms with Gasteiger partial charge in [-0.05, 0) is 42.2 Å². The number of aliphatic hydroxyl groups is 1. The number of nitrogens with one attached hydrogen (secondary N) is 2. The second-order valence-corrected chi connectivity index (χ2v) is 5.55. The van der Waals surface area contributed by atoms with Gasteiger partial charge in [0.2, 0.25) is 0 Å². The number of rotatable bonds is 4. The lowest BCUT2D eigenvalue weighted by Crippen LogP contribution is -2.46. The number of hydrogen-bond acceptors (Lipinski definition) is 5. The molecule has 1 aromatic rings. The van der Waals surface area contributed by atoms with E-state index in [2.05, 4.69) is 38.6 Å². The molecule has 1 aliphatic rings. The molecular formula is C12H19BrN4O2. The van der Waals surface area contributed by atoms with Crippen molar-refractivity contribution in [1.29, 1.82) is 0 Å². The molecule has 0 saturated carbocycles. The van der Waals surface area contributed by atoms with Gasteiger partial charge < -0.3 is 15.7 Å². The van der Waals surface area contributed by atoms with Crippen molar-refractivity contribution < 1.29 is 5.11 Å². The van der Waals surface area contributed by atoms with E-state index in [1.54, 1.807) is 6.20 Å². The summed E-state index contributed by atoms with van der Waals surface area (Å²) < 4.78 is 1.71. The van der Waals surface area contributed by atoms with Gasteiger partial charge in [-0.1, -0.05) is 0 Å². The van der Waals surface area contributed by atoms with Crippen LogP contribution in [-0.2, 0) is 6.54 Å². The molecule has 1 aromatic heterocycles. The quantitative estimate of drug-likeness (QED) is 0.751. The summed E-state index contributed by atoms with van der Waals surface area (Å²) in [6.45, 7) is 3.27. The lowest BCUT2D eigenvalue weighted by atomic mass is 10.00. The van der Waals surface area contributed by atoms with Crippen molar-refractivity contribution in [1.82, 2.24) is 15.1 Å². The first-order chi connectivity index (χ1) is 9.13. The molecule has 1 fully saturated rings. The van der Waals surface area contributed by atoms with E-state index in [1.807, 2.05) is 0 Å². The highest BCUT2D eigenvalue weighted by Crippen LogP contribution is 2.20. The Morgan fingerprint density at radius 3 is 3.16 bits per heavy atom. The summed E-state index contributed by atoms with van der Waals surface area (Å²) in [5, 5.41) is 19.7. The van der Waals surface area contributed by atoms with Gasteiger partial charge in [-0.2, -0.15) is 5.10 Å². The van der Waals surface area contributed by atoms with Crippen LogP contribution >= 0.6 is 15.9 Å². The van der Waals surface area contributed by atoms with Gasteiger partial charge in [-0.15, -0.1) is 0 Å². The van der Waals surface area contributed by atoms with Crippen LogP contribution in [0.4, 0.5) is 5.69 Å². The summed E-state index contributed by atoms with van der Waals surface area (Å²) in [4.78, 5) is 12.0. The molecule has 0 radical (unpaired) electrons. The molecule has 6 nitrogen and oxygen atoms in total. The third-order valence-electron chi connectivity index (χ3n) is 3.40. The molecular weight excluding hydrogens is 312 g/mol. The zero-order chi connectivity index (χ0) is 13.8. The van der Waals surface area contributed by atoms with Crippen LogP contribution in [-0.4, -0.2) is 40.1 Å². The first-order valence-electron chi connectivity index (χ1n) is 6.50. The normalized spacial score (nSPS) is 23.3. The van der Waals surface area contributed by atoms with Crippen LogP contribution in [0.25, 0.3) is 0 Å². The van der Waals surface area contributed by atoms with Crippen LogP contribution in [0.5, 0.6) is 0 Å². The largest absolute Gasteiger partial charge is 0.394 e. The van der Waals surface area contributed by atoms with Crippen molar-refractivity contribution >= 4 is 21.6 Å². The van der Waals surface area contributed by atoms with Gasteiger partial charge in [0.15, 0.2) is 0 Å². The summed E-state index contributed by atoms with van der Waals surface area (Å²) in [5.41, 5.74) is 0.482. The third kappa shape index (κ3) is 3.34. The summed E-state index contributed by atoms with van der Waals surface area (Å²) in [6, 6.07) is 0.653. The molecule has 2 heterocycles. The van der Waals surface area contributed by atoms with E-state index in [4.69, 9.17) is 5.11 Å². The maximum atomic E-state index is 12.0. The molecule has 0 spiro atoms. The van der Waals surface area contributed by atoms with Gasteiger partial charge in [0.05, 0.1) is 25.0 Å².